The van der Waals surface area contributed by atoms with Gasteiger partial charge in [-0.2, -0.15) is 5.26 Å². The van der Waals surface area contributed by atoms with Gasteiger partial charge < -0.3 is 25.0 Å². The van der Waals surface area contributed by atoms with Gasteiger partial charge in [0.15, 0.2) is 0 Å². The number of carbonyl (C=O) groups is 2. The molecule has 9 nitrogen and oxygen atoms in total. The van der Waals surface area contributed by atoms with Crippen LogP contribution in [0.5, 0.6) is 11.5 Å². The number of nitrogens with zero attached hydrogens (tertiary/aromatic N) is 1. The van der Waals surface area contributed by atoms with E-state index in [2.05, 4.69) is 37.5 Å². The average molecular weight is 542 g/mol. The molecule has 2 bridgehead atoms. The molecule has 5 atom stereocenters. The second kappa shape index (κ2) is 11.3. The quantitative estimate of drug-likeness (QED) is 0.342. The van der Waals surface area contributed by atoms with Crippen molar-refractivity contribution >= 4 is 11.9 Å². The highest BCUT2D eigenvalue weighted by atomic mass is 16.5. The van der Waals surface area contributed by atoms with Crippen LogP contribution in [0, 0.1) is 39.9 Å². The summed E-state index contributed by atoms with van der Waals surface area (Å²) in [5.74, 6) is 0.314. The van der Waals surface area contributed by atoms with Crippen LogP contribution in [0.2, 0.25) is 0 Å². The van der Waals surface area contributed by atoms with Crippen molar-refractivity contribution in [1.29, 1.82) is 5.26 Å². The highest BCUT2D eigenvalue weighted by Crippen LogP contribution is 2.49. The molecule has 214 valence electrons. The molecule has 9 heteroatoms. The molecule has 0 heterocycles. The number of benzene rings is 1. The lowest BCUT2D eigenvalue weighted by Gasteiger charge is -2.35. The number of carboxylic acids is 1. The van der Waals surface area contributed by atoms with E-state index in [4.69, 9.17) is 9.47 Å². The first-order chi connectivity index (χ1) is 18.3. The summed E-state index contributed by atoms with van der Waals surface area (Å²) in [7, 11) is 1.49. The molecule has 0 spiro atoms. The molecule has 0 aliphatic heterocycles. The van der Waals surface area contributed by atoms with Crippen molar-refractivity contribution in [3.05, 3.63) is 23.3 Å². The Labute approximate surface area is 231 Å². The molecule has 3 fully saturated rings. The molecule has 3 aliphatic rings. The molecule has 4 rings (SSSR count). The molecule has 1 aromatic rings. The topological polar surface area (TPSA) is 141 Å². The third-order valence-corrected chi connectivity index (χ3v) is 8.96. The normalized spacial score (nSPS) is 30.8. The van der Waals surface area contributed by atoms with E-state index >= 15 is 0 Å². The number of rotatable bonds is 9. The largest absolute Gasteiger partial charge is 0.496 e. The third-order valence-electron chi connectivity index (χ3n) is 8.96. The monoisotopic (exact) mass is 541 g/mol. The average Bonchev–Trinajstić information content (AvgIpc) is 3.50. The fourth-order valence-corrected chi connectivity index (χ4v) is 6.54. The number of nitrogens with one attached hydrogen (secondary N) is 2. The lowest BCUT2D eigenvalue weighted by Crippen LogP contribution is -2.50. The van der Waals surface area contributed by atoms with Crippen molar-refractivity contribution in [2.45, 2.75) is 91.0 Å². The van der Waals surface area contributed by atoms with E-state index in [0.717, 1.165) is 19.3 Å². The summed E-state index contributed by atoms with van der Waals surface area (Å²) >= 11 is 0. The van der Waals surface area contributed by atoms with E-state index in [9.17, 15) is 25.1 Å². The number of hydrogen-bond acceptors (Lipinski definition) is 7. The standard InChI is InChI=1S/C30H43N3O6/c1-29(2,3)16-32-27(35)24-17-6-7-18(12-17)25(24)33-26(34)21-14-22(19(15-31)13-23(21)38-5)39-20-8-10-30(4,11-9-20)28(36)37/h13-14,17-18,20,24-26,33-34H,6-12,16H2,1-5H3,(H,32,35)(H,36,37)/t17-,18+,20-,24+,25-,26?,30+/m1/s1. The number of nitriles is 1. The van der Waals surface area contributed by atoms with Gasteiger partial charge in [-0.15, -0.1) is 0 Å². The fourth-order valence-electron chi connectivity index (χ4n) is 6.54. The lowest BCUT2D eigenvalue weighted by molar-refractivity contribution is -0.150. The van der Waals surface area contributed by atoms with E-state index in [1.54, 1.807) is 19.1 Å². The zero-order valence-electron chi connectivity index (χ0n) is 23.8. The number of hydrogen-bond donors (Lipinski definition) is 4. The Bertz CT molecular complexity index is 1110. The van der Waals surface area contributed by atoms with Crippen LogP contribution < -0.4 is 20.1 Å². The van der Waals surface area contributed by atoms with Crippen LogP contribution in [0.1, 0.15) is 90.0 Å². The van der Waals surface area contributed by atoms with Crippen LogP contribution in [-0.2, 0) is 9.59 Å². The maximum atomic E-state index is 13.2. The Hall–Kier alpha value is -2.83. The molecule has 4 N–H and O–H groups in total. The van der Waals surface area contributed by atoms with Gasteiger partial charge >= 0.3 is 5.97 Å². The summed E-state index contributed by atoms with van der Waals surface area (Å²) in [6.45, 7) is 8.60. The highest BCUT2D eigenvalue weighted by molar-refractivity contribution is 5.80. The van der Waals surface area contributed by atoms with Gasteiger partial charge in [-0.1, -0.05) is 20.8 Å². The van der Waals surface area contributed by atoms with Crippen molar-refractivity contribution in [1.82, 2.24) is 10.6 Å². The molecule has 3 saturated carbocycles. The second-order valence-electron chi connectivity index (χ2n) is 13.1. The highest BCUT2D eigenvalue weighted by Gasteiger charge is 2.51. The maximum Gasteiger partial charge on any atom is 0.309 e. The zero-order valence-corrected chi connectivity index (χ0v) is 23.8. The minimum Gasteiger partial charge on any atom is -0.496 e. The Kier molecular flexibility index (Phi) is 8.48. The third kappa shape index (κ3) is 6.33. The summed E-state index contributed by atoms with van der Waals surface area (Å²) in [4.78, 5) is 24.8. The summed E-state index contributed by atoms with van der Waals surface area (Å²) in [5, 5.41) is 37.1. The van der Waals surface area contributed by atoms with Crippen molar-refractivity contribution in [3.8, 4) is 17.6 Å². The molecule has 1 aromatic carbocycles. The van der Waals surface area contributed by atoms with Gasteiger partial charge in [0.1, 0.15) is 23.8 Å². The van der Waals surface area contributed by atoms with Gasteiger partial charge in [-0.05, 0) is 75.2 Å². The van der Waals surface area contributed by atoms with Crippen LogP contribution >= 0.6 is 0 Å². The van der Waals surface area contributed by atoms with Gasteiger partial charge in [0.2, 0.25) is 5.91 Å². The van der Waals surface area contributed by atoms with E-state index in [1.165, 1.54) is 7.11 Å². The van der Waals surface area contributed by atoms with E-state index < -0.39 is 17.6 Å². The number of amides is 1. The molecule has 0 aromatic heterocycles. The Morgan fingerprint density at radius 1 is 1.15 bits per heavy atom. The summed E-state index contributed by atoms with van der Waals surface area (Å²) in [6, 6.07) is 5.18. The number of aliphatic hydroxyl groups excluding tert-OH is 1. The van der Waals surface area contributed by atoms with Crippen LogP contribution in [-0.4, -0.2) is 47.9 Å². The Morgan fingerprint density at radius 2 is 1.82 bits per heavy atom. The number of aliphatic carboxylic acids is 1. The van der Waals surface area contributed by atoms with Crippen molar-refractivity contribution in [2.75, 3.05) is 13.7 Å². The smallest absolute Gasteiger partial charge is 0.309 e. The fraction of sp³-hybridized carbons (Fsp3) is 0.700. The summed E-state index contributed by atoms with van der Waals surface area (Å²) < 4.78 is 11.7. The number of carboxylic acid groups (broad SMARTS) is 1. The van der Waals surface area contributed by atoms with Crippen molar-refractivity contribution < 1.29 is 29.3 Å². The summed E-state index contributed by atoms with van der Waals surface area (Å²) in [5.41, 5.74) is -0.0606. The second-order valence-corrected chi connectivity index (χ2v) is 13.1. The molecular weight excluding hydrogens is 498 g/mol. The van der Waals surface area contributed by atoms with Gasteiger partial charge in [0, 0.05) is 24.2 Å². The van der Waals surface area contributed by atoms with Crippen LogP contribution in [0.4, 0.5) is 0 Å². The van der Waals surface area contributed by atoms with E-state index in [0.29, 0.717) is 61.1 Å². The van der Waals surface area contributed by atoms with E-state index in [-0.39, 0.29) is 34.9 Å². The Morgan fingerprint density at radius 3 is 2.41 bits per heavy atom. The van der Waals surface area contributed by atoms with Crippen LogP contribution in [0.3, 0.4) is 0 Å². The minimum atomic E-state index is -1.13. The van der Waals surface area contributed by atoms with Gasteiger partial charge in [-0.3, -0.25) is 14.9 Å². The first-order valence-corrected chi connectivity index (χ1v) is 14.1. The molecule has 0 radical (unpaired) electrons. The first kappa shape index (κ1) is 29.2. The van der Waals surface area contributed by atoms with Gasteiger partial charge in [0.25, 0.3) is 0 Å². The Balaban J connectivity index is 1.51. The SMILES string of the molecule is COc1cc(C#N)c(O[C@H]2CC[C@@](C)(C(=O)O)CC2)cc1C(O)N[C@@H]1[C@H]2CC[C@H](C2)[C@@H]1C(=O)NCC(C)(C)C. The minimum absolute atomic E-state index is 0.0213. The molecule has 3 aliphatic carbocycles. The van der Waals surface area contributed by atoms with Crippen LogP contribution in [0.25, 0.3) is 0 Å². The number of fused-ring (bicyclic) bond motifs is 2. The zero-order chi connectivity index (χ0) is 28.5. The first-order valence-electron chi connectivity index (χ1n) is 14.1. The van der Waals surface area contributed by atoms with Gasteiger partial charge in [-0.25, -0.2) is 0 Å². The maximum absolute atomic E-state index is 13.2. The number of methoxy groups -OCH3 is 1. The number of aliphatic hydroxyl groups is 1. The molecular formula is C30H43N3O6. The molecule has 1 amide bonds. The lowest BCUT2D eigenvalue weighted by atomic mass is 9.75. The number of ether oxygens (including phenoxy) is 2. The van der Waals surface area contributed by atoms with Gasteiger partial charge in [0.05, 0.1) is 30.1 Å². The number of carbonyl (C=O) groups excluding carboxylic acids is 1. The van der Waals surface area contributed by atoms with E-state index in [1.807, 2.05) is 0 Å². The molecule has 39 heavy (non-hydrogen) atoms. The molecule has 1 unspecified atom stereocenters. The predicted octanol–water partition coefficient (Wildman–Crippen LogP) is 4.14. The van der Waals surface area contributed by atoms with Crippen molar-refractivity contribution in [2.24, 2.45) is 28.6 Å². The van der Waals surface area contributed by atoms with Crippen molar-refractivity contribution in [3.63, 3.8) is 0 Å². The summed E-state index contributed by atoms with van der Waals surface area (Å²) in [6.07, 6.45) is 3.76. The molecule has 0 saturated heterocycles. The predicted molar refractivity (Wildman–Crippen MR) is 145 cm³/mol. The van der Waals surface area contributed by atoms with Crippen LogP contribution in [0.15, 0.2) is 12.1 Å².